The van der Waals surface area contributed by atoms with Gasteiger partial charge in [-0.3, -0.25) is 4.79 Å². The lowest BCUT2D eigenvalue weighted by molar-refractivity contribution is -0.181. The number of aliphatic hydroxyl groups is 1. The van der Waals surface area contributed by atoms with Crippen LogP contribution in [0.3, 0.4) is 0 Å². The van der Waals surface area contributed by atoms with Crippen molar-refractivity contribution in [2.45, 2.75) is 18.9 Å². The summed E-state index contributed by atoms with van der Waals surface area (Å²) in [4.78, 5) is 43.9. The molecule has 0 fully saturated rings. The van der Waals surface area contributed by atoms with Crippen molar-refractivity contribution in [3.05, 3.63) is 58.8 Å². The number of fused-ring (bicyclic) bond motifs is 4. The van der Waals surface area contributed by atoms with E-state index in [9.17, 15) is 14.4 Å². The first-order chi connectivity index (χ1) is 14.5. The van der Waals surface area contributed by atoms with Crippen molar-refractivity contribution in [2.24, 2.45) is 0 Å². The molecule has 152 valence electrons. The van der Waals surface area contributed by atoms with Gasteiger partial charge in [0, 0.05) is 11.0 Å². The second-order valence-corrected chi connectivity index (χ2v) is 7.40. The van der Waals surface area contributed by atoms with E-state index in [1.54, 1.807) is 17.9 Å². The number of hydrogen-bond acceptors (Lipinski definition) is 7. The van der Waals surface area contributed by atoms with Crippen molar-refractivity contribution >= 4 is 34.4 Å². The van der Waals surface area contributed by atoms with Crippen LogP contribution in [0.1, 0.15) is 29.4 Å². The van der Waals surface area contributed by atoms with E-state index in [4.69, 9.17) is 14.6 Å². The molecule has 0 saturated heterocycles. The molecule has 2 aromatic rings. The lowest BCUT2D eigenvalue weighted by Gasteiger charge is -2.39. The lowest BCUT2D eigenvalue weighted by Crippen LogP contribution is -2.51. The van der Waals surface area contributed by atoms with Crippen molar-refractivity contribution in [3.63, 3.8) is 0 Å². The molecule has 1 atom stereocenters. The zero-order valence-electron chi connectivity index (χ0n) is 16.2. The van der Waals surface area contributed by atoms with Crippen LogP contribution in [0.2, 0.25) is 0 Å². The zero-order chi connectivity index (χ0) is 21.0. The van der Waals surface area contributed by atoms with Crippen LogP contribution < -0.4 is 0 Å². The number of carbonyl (C=O) groups is 3. The minimum absolute atomic E-state index is 0.00585. The number of aliphatic hydroxyl groups excluding tert-OH is 1. The number of cyclic esters (lactones) is 1. The largest absolute Gasteiger partial charge is 0.458 e. The predicted octanol–water partition coefficient (Wildman–Crippen LogP) is 1.58. The molecule has 8 nitrogen and oxygen atoms in total. The van der Waals surface area contributed by atoms with Gasteiger partial charge in [-0.1, -0.05) is 25.1 Å². The molecular formula is C22H18N2O6. The molecule has 8 heteroatoms. The third-order valence-electron chi connectivity index (χ3n) is 5.80. The lowest BCUT2D eigenvalue weighted by atomic mass is 9.82. The number of hydrogen-bond donors (Lipinski definition) is 1. The number of carbonyl (C=O) groups excluding carboxylic acids is 3. The molecule has 0 spiro atoms. The molecule has 1 amide bonds. The van der Waals surface area contributed by atoms with Crippen LogP contribution >= 0.6 is 0 Å². The molecule has 0 unspecified atom stereocenters. The van der Waals surface area contributed by atoms with Crippen molar-refractivity contribution in [3.8, 4) is 0 Å². The Kier molecular flexibility index (Phi) is 4.01. The minimum atomic E-state index is -1.66. The number of ether oxygens (including phenoxy) is 2. The van der Waals surface area contributed by atoms with Gasteiger partial charge in [0.2, 0.25) is 5.60 Å². The Balaban J connectivity index is 1.69. The van der Waals surface area contributed by atoms with Gasteiger partial charge in [-0.25, -0.2) is 14.6 Å². The smallest absolute Gasteiger partial charge is 0.355 e. The second kappa shape index (κ2) is 6.50. The Bertz CT molecular complexity index is 1200. The first kappa shape index (κ1) is 18.5. The first-order valence-corrected chi connectivity index (χ1v) is 9.64. The fraction of sp³-hybridized carbons (Fsp3) is 0.273. The van der Waals surface area contributed by atoms with Crippen LogP contribution in [0.25, 0.3) is 16.6 Å². The molecule has 5 rings (SSSR count). The van der Waals surface area contributed by atoms with Gasteiger partial charge in [-0.2, -0.15) is 0 Å². The number of para-hydroxylation sites is 1. The van der Waals surface area contributed by atoms with Gasteiger partial charge in [0.05, 0.1) is 23.3 Å². The molecule has 3 aliphatic rings. The summed E-state index contributed by atoms with van der Waals surface area (Å²) in [5.74, 6) is -1.78. The van der Waals surface area contributed by atoms with Crippen LogP contribution in [0, 0.1) is 0 Å². The Morgan fingerprint density at radius 1 is 1.33 bits per heavy atom. The summed E-state index contributed by atoms with van der Waals surface area (Å²) in [6.45, 7) is 1.06. The molecule has 1 aromatic carbocycles. The molecule has 1 aromatic heterocycles. The number of benzene rings is 1. The monoisotopic (exact) mass is 406 g/mol. The third kappa shape index (κ3) is 2.43. The summed E-state index contributed by atoms with van der Waals surface area (Å²) >= 11 is 0. The van der Waals surface area contributed by atoms with Gasteiger partial charge >= 0.3 is 11.9 Å². The van der Waals surface area contributed by atoms with Crippen molar-refractivity contribution in [2.75, 3.05) is 19.8 Å². The quantitative estimate of drug-likeness (QED) is 0.772. The van der Waals surface area contributed by atoms with Gasteiger partial charge in [0.1, 0.15) is 18.9 Å². The van der Waals surface area contributed by atoms with Crippen molar-refractivity contribution in [1.82, 2.24) is 9.88 Å². The average Bonchev–Trinajstić information content (AvgIpc) is 3.03. The maximum Gasteiger partial charge on any atom is 0.355 e. The van der Waals surface area contributed by atoms with Crippen LogP contribution in [-0.4, -0.2) is 58.2 Å². The highest BCUT2D eigenvalue weighted by atomic mass is 16.6. The Hall–Kier alpha value is -3.52. The number of amides is 1. The standard InChI is InChI=1S/C22H18N2O6/c1-2-22(30-18(26)10-25)15-8-17-19-14(7-12-5-3-4-6-16(12)23-19)20(27)24(17)9-13(15)11-29-21(22)28/h3-8,25H,2,9-11H2,1H3/t22-/m0/s1. The number of rotatable bonds is 3. The fourth-order valence-corrected chi connectivity index (χ4v) is 4.31. The predicted molar refractivity (Wildman–Crippen MR) is 105 cm³/mol. The SMILES string of the molecule is CC[C@@]1(OC(=O)CO)C(=O)OCC2=C1C=C1c3nc4ccccc4cc3C(=O)N1C2. The number of esters is 2. The molecule has 0 bridgehead atoms. The average molecular weight is 406 g/mol. The Morgan fingerprint density at radius 3 is 2.90 bits per heavy atom. The third-order valence-corrected chi connectivity index (χ3v) is 5.80. The highest BCUT2D eigenvalue weighted by molar-refractivity contribution is 6.11. The normalized spacial score (nSPS) is 22.3. The van der Waals surface area contributed by atoms with Crippen molar-refractivity contribution in [1.29, 1.82) is 0 Å². The minimum Gasteiger partial charge on any atom is -0.458 e. The molecule has 4 heterocycles. The highest BCUT2D eigenvalue weighted by Gasteiger charge is 2.52. The summed E-state index contributed by atoms with van der Waals surface area (Å²) in [5, 5.41) is 10.0. The van der Waals surface area contributed by atoms with Gasteiger partial charge in [0.25, 0.3) is 5.91 Å². The number of aromatic nitrogens is 1. The second-order valence-electron chi connectivity index (χ2n) is 7.40. The Labute approximate surface area is 171 Å². The van der Waals surface area contributed by atoms with Crippen LogP contribution in [0.4, 0.5) is 0 Å². The molecule has 0 aliphatic carbocycles. The highest BCUT2D eigenvalue weighted by Crippen LogP contribution is 2.44. The number of nitrogens with zero attached hydrogens (tertiary/aromatic N) is 2. The molecule has 1 N–H and O–H groups in total. The molecule has 3 aliphatic heterocycles. The molecule has 0 saturated carbocycles. The van der Waals surface area contributed by atoms with E-state index in [1.807, 2.05) is 30.3 Å². The van der Waals surface area contributed by atoms with E-state index in [0.29, 0.717) is 28.1 Å². The Morgan fingerprint density at radius 2 is 2.13 bits per heavy atom. The summed E-state index contributed by atoms with van der Waals surface area (Å²) < 4.78 is 10.7. The zero-order valence-corrected chi connectivity index (χ0v) is 16.2. The summed E-state index contributed by atoms with van der Waals surface area (Å²) in [7, 11) is 0. The van der Waals surface area contributed by atoms with Crippen LogP contribution in [0.5, 0.6) is 0 Å². The van der Waals surface area contributed by atoms with Crippen LogP contribution in [-0.2, 0) is 19.1 Å². The number of pyridine rings is 1. The van der Waals surface area contributed by atoms with Crippen molar-refractivity contribution < 1.29 is 29.0 Å². The maximum absolute atomic E-state index is 13.1. The maximum atomic E-state index is 13.1. The van der Waals surface area contributed by atoms with E-state index in [0.717, 1.165) is 10.9 Å². The van der Waals surface area contributed by atoms with Crippen LogP contribution in [0.15, 0.2) is 47.6 Å². The van der Waals surface area contributed by atoms with Gasteiger partial charge in [-0.15, -0.1) is 0 Å². The van der Waals surface area contributed by atoms with Gasteiger partial charge < -0.3 is 19.5 Å². The van der Waals surface area contributed by atoms with E-state index in [1.165, 1.54) is 0 Å². The van der Waals surface area contributed by atoms with E-state index in [2.05, 4.69) is 4.98 Å². The van der Waals surface area contributed by atoms with E-state index in [-0.39, 0.29) is 25.5 Å². The molecular weight excluding hydrogens is 388 g/mol. The molecule has 30 heavy (non-hydrogen) atoms. The summed E-state index contributed by atoms with van der Waals surface area (Å²) in [6.07, 6.45) is 1.82. The fourth-order valence-electron chi connectivity index (χ4n) is 4.31. The van der Waals surface area contributed by atoms with Gasteiger partial charge in [-0.05, 0) is 30.2 Å². The van der Waals surface area contributed by atoms with E-state index < -0.39 is 24.1 Å². The molecule has 0 radical (unpaired) electrons. The summed E-state index contributed by atoms with van der Waals surface area (Å²) in [6, 6.07) is 9.34. The first-order valence-electron chi connectivity index (χ1n) is 9.64. The topological polar surface area (TPSA) is 106 Å². The van der Waals surface area contributed by atoms with E-state index >= 15 is 0 Å². The van der Waals surface area contributed by atoms with Gasteiger partial charge in [0.15, 0.2) is 0 Å². The summed E-state index contributed by atoms with van der Waals surface area (Å²) in [5.41, 5.74) is 1.84.